The van der Waals surface area contributed by atoms with Crippen LogP contribution in [0.3, 0.4) is 0 Å². The fraction of sp³-hybridized carbons (Fsp3) is 0.800. The second kappa shape index (κ2) is 3.40. The van der Waals surface area contributed by atoms with E-state index in [9.17, 15) is 0 Å². The zero-order chi connectivity index (χ0) is 8.43. The van der Waals surface area contributed by atoms with Crippen molar-refractivity contribution in [1.82, 2.24) is 0 Å². The van der Waals surface area contributed by atoms with E-state index in [0.717, 1.165) is 5.92 Å². The molecule has 0 aliphatic heterocycles. The van der Waals surface area contributed by atoms with Gasteiger partial charge in [-0.25, -0.2) is 0 Å². The van der Waals surface area contributed by atoms with Crippen molar-refractivity contribution in [3.05, 3.63) is 12.2 Å². The molecule has 0 bridgehead atoms. The molecule has 1 aliphatic rings. The van der Waals surface area contributed by atoms with Gasteiger partial charge < -0.3 is 4.74 Å². The Morgan fingerprint density at radius 2 is 2.00 bits per heavy atom. The van der Waals surface area contributed by atoms with Gasteiger partial charge in [0.25, 0.3) is 0 Å². The third-order valence-electron chi connectivity index (χ3n) is 2.69. The van der Waals surface area contributed by atoms with Crippen molar-refractivity contribution < 1.29 is 4.74 Å². The minimum Gasteiger partial charge on any atom is -0.381 e. The Balaban J connectivity index is 2.27. The average molecular weight is 154 g/mol. The van der Waals surface area contributed by atoms with E-state index in [1.54, 1.807) is 7.11 Å². The van der Waals surface area contributed by atoms with E-state index in [1.807, 2.05) is 0 Å². The molecule has 0 atom stereocenters. The largest absolute Gasteiger partial charge is 0.381 e. The highest BCUT2D eigenvalue weighted by Crippen LogP contribution is 2.37. The first-order valence-corrected chi connectivity index (χ1v) is 4.36. The van der Waals surface area contributed by atoms with Gasteiger partial charge in [0.1, 0.15) is 0 Å². The van der Waals surface area contributed by atoms with E-state index in [1.165, 1.54) is 18.4 Å². The van der Waals surface area contributed by atoms with Crippen LogP contribution in [0.2, 0.25) is 0 Å². The van der Waals surface area contributed by atoms with Crippen molar-refractivity contribution in [2.24, 2.45) is 11.8 Å². The molecule has 11 heavy (non-hydrogen) atoms. The molecular formula is C10H18O. The minimum atomic E-state index is 0.510. The lowest BCUT2D eigenvalue weighted by molar-refractivity contribution is 0.0108. The van der Waals surface area contributed by atoms with E-state index in [2.05, 4.69) is 20.4 Å². The summed E-state index contributed by atoms with van der Waals surface area (Å²) in [6, 6.07) is 0. The number of hydrogen-bond acceptors (Lipinski definition) is 1. The van der Waals surface area contributed by atoms with Gasteiger partial charge in [-0.15, -0.1) is 0 Å². The normalized spacial score (nSPS) is 30.2. The number of methoxy groups -OCH3 is 1. The van der Waals surface area contributed by atoms with Crippen LogP contribution in [0.1, 0.15) is 26.7 Å². The smallest absolute Gasteiger partial charge is 0.0582 e. The Bertz CT molecular complexity index is 143. The Morgan fingerprint density at radius 1 is 1.45 bits per heavy atom. The van der Waals surface area contributed by atoms with Gasteiger partial charge in [0.15, 0.2) is 0 Å². The zero-order valence-electron chi connectivity index (χ0n) is 7.76. The molecule has 0 heterocycles. The fourth-order valence-electron chi connectivity index (χ4n) is 1.53. The van der Waals surface area contributed by atoms with Crippen LogP contribution in [0.5, 0.6) is 0 Å². The maximum absolute atomic E-state index is 5.21. The monoisotopic (exact) mass is 154 g/mol. The molecule has 0 unspecified atom stereocenters. The van der Waals surface area contributed by atoms with Crippen LogP contribution in [-0.4, -0.2) is 13.2 Å². The van der Waals surface area contributed by atoms with Crippen LogP contribution in [0.4, 0.5) is 0 Å². The van der Waals surface area contributed by atoms with E-state index < -0.39 is 0 Å². The number of ether oxygens (including phenoxy) is 1. The van der Waals surface area contributed by atoms with Crippen molar-refractivity contribution in [3.8, 4) is 0 Å². The van der Waals surface area contributed by atoms with Gasteiger partial charge in [0, 0.05) is 7.11 Å². The third-order valence-corrected chi connectivity index (χ3v) is 2.69. The lowest BCUT2D eigenvalue weighted by atomic mass is 9.74. The number of rotatable bonds is 3. The Labute approximate surface area is 69.4 Å². The molecule has 64 valence electrons. The summed E-state index contributed by atoms with van der Waals surface area (Å²) in [4.78, 5) is 0. The molecule has 1 saturated carbocycles. The maximum atomic E-state index is 5.21. The lowest BCUT2D eigenvalue weighted by Gasteiger charge is -2.36. The summed E-state index contributed by atoms with van der Waals surface area (Å²) in [7, 11) is 1.79. The minimum absolute atomic E-state index is 0.510. The predicted octanol–water partition coefficient (Wildman–Crippen LogP) is 2.62. The molecule has 0 N–H and O–H groups in total. The molecule has 0 aromatic carbocycles. The Hall–Kier alpha value is -0.300. The van der Waals surface area contributed by atoms with Crippen molar-refractivity contribution in [2.75, 3.05) is 7.11 Å². The van der Waals surface area contributed by atoms with Crippen molar-refractivity contribution >= 4 is 0 Å². The van der Waals surface area contributed by atoms with Crippen LogP contribution >= 0.6 is 0 Å². The van der Waals surface area contributed by atoms with E-state index in [4.69, 9.17) is 4.74 Å². The number of allylic oxidation sites excluding steroid dienone is 1. The molecule has 0 aromatic rings. The maximum Gasteiger partial charge on any atom is 0.0582 e. The van der Waals surface area contributed by atoms with Gasteiger partial charge in [-0.1, -0.05) is 26.0 Å². The van der Waals surface area contributed by atoms with Crippen LogP contribution in [0.15, 0.2) is 12.2 Å². The Kier molecular flexibility index (Phi) is 2.72. The first-order valence-electron chi connectivity index (χ1n) is 4.36. The molecule has 1 rings (SSSR count). The van der Waals surface area contributed by atoms with Gasteiger partial charge >= 0.3 is 0 Å². The summed E-state index contributed by atoms with van der Waals surface area (Å²) in [6.07, 6.45) is 2.89. The van der Waals surface area contributed by atoms with Crippen molar-refractivity contribution in [2.45, 2.75) is 32.8 Å². The summed E-state index contributed by atoms with van der Waals surface area (Å²) >= 11 is 0. The van der Waals surface area contributed by atoms with Crippen molar-refractivity contribution in [3.63, 3.8) is 0 Å². The predicted molar refractivity (Wildman–Crippen MR) is 47.5 cm³/mol. The molecule has 0 amide bonds. The molecule has 1 nitrogen and oxygen atoms in total. The van der Waals surface area contributed by atoms with Gasteiger partial charge in [-0.3, -0.25) is 0 Å². The van der Waals surface area contributed by atoms with E-state index in [0.29, 0.717) is 12.0 Å². The first kappa shape index (κ1) is 8.79. The molecule has 0 saturated heterocycles. The molecular weight excluding hydrogens is 136 g/mol. The van der Waals surface area contributed by atoms with E-state index >= 15 is 0 Å². The SMILES string of the molecule is C=C(C(C)C)C1CC(OC)C1. The molecule has 0 radical (unpaired) electrons. The third kappa shape index (κ3) is 1.84. The molecule has 0 aromatic heterocycles. The Morgan fingerprint density at radius 3 is 2.36 bits per heavy atom. The van der Waals surface area contributed by atoms with Gasteiger partial charge in [-0.05, 0) is 24.7 Å². The summed E-state index contributed by atoms with van der Waals surface area (Å²) in [6.45, 7) is 8.51. The van der Waals surface area contributed by atoms with Crippen LogP contribution < -0.4 is 0 Å². The molecule has 1 aliphatic carbocycles. The second-order valence-corrected chi connectivity index (χ2v) is 3.76. The van der Waals surface area contributed by atoms with Crippen LogP contribution in [-0.2, 0) is 4.74 Å². The molecule has 0 spiro atoms. The first-order chi connectivity index (χ1) is 5.15. The van der Waals surface area contributed by atoms with Gasteiger partial charge in [-0.2, -0.15) is 0 Å². The fourth-order valence-corrected chi connectivity index (χ4v) is 1.53. The highest BCUT2D eigenvalue weighted by atomic mass is 16.5. The zero-order valence-corrected chi connectivity index (χ0v) is 7.76. The van der Waals surface area contributed by atoms with Crippen LogP contribution in [0.25, 0.3) is 0 Å². The van der Waals surface area contributed by atoms with E-state index in [-0.39, 0.29) is 0 Å². The lowest BCUT2D eigenvalue weighted by Crippen LogP contribution is -2.32. The highest BCUT2D eigenvalue weighted by molar-refractivity contribution is 5.08. The quantitative estimate of drug-likeness (QED) is 0.568. The number of hydrogen-bond donors (Lipinski definition) is 0. The van der Waals surface area contributed by atoms with Gasteiger partial charge in [0.2, 0.25) is 0 Å². The van der Waals surface area contributed by atoms with Crippen LogP contribution in [0, 0.1) is 11.8 Å². The molecule has 1 fully saturated rings. The van der Waals surface area contributed by atoms with Gasteiger partial charge in [0.05, 0.1) is 6.10 Å². The average Bonchev–Trinajstić information content (AvgIpc) is 1.85. The second-order valence-electron chi connectivity index (χ2n) is 3.76. The highest BCUT2D eigenvalue weighted by Gasteiger charge is 2.31. The summed E-state index contributed by atoms with van der Waals surface area (Å²) in [5.74, 6) is 1.37. The van der Waals surface area contributed by atoms with Crippen molar-refractivity contribution in [1.29, 1.82) is 0 Å². The standard InChI is InChI=1S/C10H18O/c1-7(2)8(3)9-5-10(6-9)11-4/h7,9-10H,3,5-6H2,1-2,4H3. The summed E-state index contributed by atoms with van der Waals surface area (Å²) in [5, 5.41) is 0. The summed E-state index contributed by atoms with van der Waals surface area (Å²) < 4.78 is 5.21. The summed E-state index contributed by atoms with van der Waals surface area (Å²) in [5.41, 5.74) is 1.40. The topological polar surface area (TPSA) is 9.23 Å². The molecule has 1 heteroatoms.